The summed E-state index contributed by atoms with van der Waals surface area (Å²) < 4.78 is 2.03. The second-order valence-electron chi connectivity index (χ2n) is 5.61. The molecule has 0 radical (unpaired) electrons. The van der Waals surface area contributed by atoms with E-state index in [-0.39, 0.29) is 0 Å². The highest BCUT2D eigenvalue weighted by molar-refractivity contribution is 5.78. The van der Waals surface area contributed by atoms with Gasteiger partial charge in [-0.05, 0) is 31.2 Å². The van der Waals surface area contributed by atoms with Gasteiger partial charge >= 0.3 is 0 Å². The van der Waals surface area contributed by atoms with Crippen molar-refractivity contribution in [2.24, 2.45) is 11.7 Å². The summed E-state index contributed by atoms with van der Waals surface area (Å²) in [5, 5.41) is 16.1. The van der Waals surface area contributed by atoms with Crippen LogP contribution in [0.15, 0.2) is 30.5 Å². The lowest BCUT2D eigenvalue weighted by Crippen LogP contribution is -2.41. The predicted octanol–water partition coefficient (Wildman–Crippen LogP) is 1.92. The Hall–Kier alpha value is -1.39. The van der Waals surface area contributed by atoms with Crippen molar-refractivity contribution in [3.05, 3.63) is 30.5 Å². The van der Waals surface area contributed by atoms with E-state index in [0.29, 0.717) is 12.5 Å². The summed E-state index contributed by atoms with van der Waals surface area (Å²) in [5.74, 6) is 0.306. The maximum atomic E-state index is 10.4. The summed E-state index contributed by atoms with van der Waals surface area (Å²) in [7, 11) is 0. The fourth-order valence-corrected chi connectivity index (χ4v) is 3.29. The first-order chi connectivity index (χ1) is 9.23. The van der Waals surface area contributed by atoms with Gasteiger partial charge in [0.05, 0.1) is 17.3 Å². The molecule has 3 rings (SSSR count). The van der Waals surface area contributed by atoms with E-state index in [2.05, 4.69) is 17.2 Å². The van der Waals surface area contributed by atoms with E-state index in [9.17, 15) is 5.11 Å². The van der Waals surface area contributed by atoms with E-state index < -0.39 is 5.60 Å². The van der Waals surface area contributed by atoms with Crippen LogP contribution >= 0.6 is 0 Å². The summed E-state index contributed by atoms with van der Waals surface area (Å²) in [4.78, 5) is 0. The number of rotatable bonds is 4. The molecule has 0 saturated heterocycles. The van der Waals surface area contributed by atoms with Gasteiger partial charge in [-0.1, -0.05) is 24.6 Å². The number of hydrogen-bond donors (Lipinski definition) is 2. The molecule has 0 spiro atoms. The quantitative estimate of drug-likeness (QED) is 0.881. The highest BCUT2D eigenvalue weighted by Gasteiger charge is 2.39. The van der Waals surface area contributed by atoms with Gasteiger partial charge < -0.3 is 10.8 Å². The van der Waals surface area contributed by atoms with Gasteiger partial charge in [0.1, 0.15) is 0 Å². The van der Waals surface area contributed by atoms with Crippen LogP contribution in [0.2, 0.25) is 0 Å². The van der Waals surface area contributed by atoms with Gasteiger partial charge in [-0.3, -0.25) is 4.68 Å². The largest absolute Gasteiger partial charge is 0.388 e. The highest BCUT2D eigenvalue weighted by Crippen LogP contribution is 2.37. The van der Waals surface area contributed by atoms with Crippen molar-refractivity contribution in [1.29, 1.82) is 0 Å². The molecule has 1 saturated carbocycles. The summed E-state index contributed by atoms with van der Waals surface area (Å²) in [6, 6.07) is 8.22. The van der Waals surface area contributed by atoms with Gasteiger partial charge in [0.15, 0.2) is 0 Å². The zero-order valence-corrected chi connectivity index (χ0v) is 11.1. The van der Waals surface area contributed by atoms with Crippen LogP contribution in [0.4, 0.5) is 0 Å². The number of nitrogens with zero attached hydrogens (tertiary/aromatic N) is 2. The lowest BCUT2D eigenvalue weighted by Gasteiger charge is -2.28. The number of aryl methyl sites for hydroxylation is 1. The molecule has 2 aromatic rings. The monoisotopic (exact) mass is 259 g/mol. The van der Waals surface area contributed by atoms with Crippen LogP contribution in [0, 0.1) is 5.92 Å². The molecule has 1 aliphatic carbocycles. The van der Waals surface area contributed by atoms with E-state index in [1.807, 2.05) is 23.0 Å². The Labute approximate surface area is 113 Å². The molecule has 1 fully saturated rings. The minimum absolute atomic E-state index is 0.306. The first-order valence-electron chi connectivity index (χ1n) is 7.06. The highest BCUT2D eigenvalue weighted by atomic mass is 16.3. The van der Waals surface area contributed by atoms with E-state index in [0.717, 1.165) is 37.7 Å². The molecule has 1 heterocycles. The smallest absolute Gasteiger partial charge is 0.0798 e. The molecule has 1 aliphatic rings. The van der Waals surface area contributed by atoms with Crippen molar-refractivity contribution < 1.29 is 5.11 Å². The Morgan fingerprint density at radius 2 is 2.26 bits per heavy atom. The summed E-state index contributed by atoms with van der Waals surface area (Å²) in [5.41, 5.74) is 6.24. The van der Waals surface area contributed by atoms with Crippen LogP contribution in [0.1, 0.15) is 25.7 Å². The Morgan fingerprint density at radius 3 is 3.11 bits per heavy atom. The van der Waals surface area contributed by atoms with Crippen molar-refractivity contribution in [2.45, 2.75) is 37.8 Å². The third-order valence-corrected chi connectivity index (χ3v) is 4.52. The topological polar surface area (TPSA) is 64.1 Å². The molecule has 4 nitrogen and oxygen atoms in total. The molecule has 1 aromatic carbocycles. The van der Waals surface area contributed by atoms with Crippen molar-refractivity contribution in [3.8, 4) is 0 Å². The first kappa shape index (κ1) is 12.6. The molecular weight excluding hydrogens is 238 g/mol. The number of hydrogen-bond acceptors (Lipinski definition) is 3. The van der Waals surface area contributed by atoms with Crippen molar-refractivity contribution in [3.63, 3.8) is 0 Å². The molecule has 19 heavy (non-hydrogen) atoms. The van der Waals surface area contributed by atoms with Crippen molar-refractivity contribution >= 4 is 10.9 Å². The van der Waals surface area contributed by atoms with E-state index in [1.54, 1.807) is 0 Å². The van der Waals surface area contributed by atoms with Crippen molar-refractivity contribution in [2.75, 3.05) is 6.54 Å². The van der Waals surface area contributed by atoms with E-state index in [1.165, 1.54) is 5.39 Å². The van der Waals surface area contributed by atoms with Crippen molar-refractivity contribution in [1.82, 2.24) is 9.78 Å². The average molecular weight is 259 g/mol. The molecule has 102 valence electrons. The lowest BCUT2D eigenvalue weighted by atomic mass is 9.88. The number of fused-ring (bicyclic) bond motifs is 1. The Morgan fingerprint density at radius 1 is 1.42 bits per heavy atom. The number of aliphatic hydroxyl groups is 1. The minimum Gasteiger partial charge on any atom is -0.388 e. The van der Waals surface area contributed by atoms with Crippen LogP contribution in [-0.2, 0) is 6.54 Å². The number of aromatic nitrogens is 2. The lowest BCUT2D eigenvalue weighted by molar-refractivity contribution is 0.00640. The zero-order chi connectivity index (χ0) is 13.3. The van der Waals surface area contributed by atoms with Gasteiger partial charge in [0, 0.05) is 18.5 Å². The molecule has 2 unspecified atom stereocenters. The summed E-state index contributed by atoms with van der Waals surface area (Å²) in [6.07, 6.45) is 5.84. The second kappa shape index (κ2) is 4.94. The fraction of sp³-hybridized carbons (Fsp3) is 0.533. The SMILES string of the molecule is NCC1(O)CCCC1CCn1ncc2ccccc21. The minimum atomic E-state index is -0.650. The Bertz CT molecular complexity index is 565. The Kier molecular flexibility index (Phi) is 3.29. The fourth-order valence-electron chi connectivity index (χ4n) is 3.29. The Balaban J connectivity index is 1.73. The van der Waals surface area contributed by atoms with Crippen LogP contribution < -0.4 is 5.73 Å². The molecule has 0 aliphatic heterocycles. The van der Waals surface area contributed by atoms with Gasteiger partial charge in [-0.2, -0.15) is 5.10 Å². The van der Waals surface area contributed by atoms with E-state index in [4.69, 9.17) is 5.73 Å². The molecule has 3 N–H and O–H groups in total. The standard InChI is InChI=1S/C15H21N3O/c16-11-15(19)8-3-5-13(15)7-9-18-14-6-2-1-4-12(14)10-17-18/h1-2,4,6,10,13,19H,3,5,7-9,11,16H2. The third kappa shape index (κ3) is 2.26. The third-order valence-electron chi connectivity index (χ3n) is 4.52. The summed E-state index contributed by atoms with van der Waals surface area (Å²) >= 11 is 0. The number of para-hydroxylation sites is 1. The van der Waals surface area contributed by atoms with Crippen LogP contribution in [0.25, 0.3) is 10.9 Å². The average Bonchev–Trinajstić information content (AvgIpc) is 3.01. The maximum absolute atomic E-state index is 10.4. The first-order valence-corrected chi connectivity index (χ1v) is 7.06. The molecule has 1 aromatic heterocycles. The molecule has 2 atom stereocenters. The summed E-state index contributed by atoms with van der Waals surface area (Å²) in [6.45, 7) is 1.22. The van der Waals surface area contributed by atoms with Crippen LogP contribution in [0.5, 0.6) is 0 Å². The van der Waals surface area contributed by atoms with Gasteiger partial charge in [-0.25, -0.2) is 0 Å². The molecule has 4 heteroatoms. The number of benzene rings is 1. The maximum Gasteiger partial charge on any atom is 0.0798 e. The molecule has 0 bridgehead atoms. The predicted molar refractivity (Wildman–Crippen MR) is 75.7 cm³/mol. The van der Waals surface area contributed by atoms with Gasteiger partial charge in [0.25, 0.3) is 0 Å². The van der Waals surface area contributed by atoms with Crippen LogP contribution in [-0.4, -0.2) is 27.0 Å². The van der Waals surface area contributed by atoms with E-state index >= 15 is 0 Å². The van der Waals surface area contributed by atoms with Gasteiger partial charge in [-0.15, -0.1) is 0 Å². The van der Waals surface area contributed by atoms with Gasteiger partial charge in [0.2, 0.25) is 0 Å². The molecular formula is C15H21N3O. The van der Waals surface area contributed by atoms with Crippen LogP contribution in [0.3, 0.4) is 0 Å². The zero-order valence-electron chi connectivity index (χ0n) is 11.1. The normalized spacial score (nSPS) is 27.2. The number of nitrogens with two attached hydrogens (primary N) is 1. The second-order valence-corrected chi connectivity index (χ2v) is 5.61. The molecule has 0 amide bonds.